The molecule has 1 N–H and O–H groups in total. The molecular weight excluding hydrogens is 462 g/mol. The Balaban J connectivity index is 1.54. The molecule has 0 fully saturated rings. The van der Waals surface area contributed by atoms with Crippen LogP contribution in [0.3, 0.4) is 0 Å². The molecule has 0 aliphatic heterocycles. The molecule has 0 aliphatic carbocycles. The van der Waals surface area contributed by atoms with Crippen molar-refractivity contribution < 1.29 is 9.53 Å². The molecule has 0 saturated carbocycles. The molecule has 3 aromatic rings. The van der Waals surface area contributed by atoms with Crippen LogP contribution in [0.1, 0.15) is 11.1 Å². The lowest BCUT2D eigenvalue weighted by molar-refractivity contribution is -0.118. The van der Waals surface area contributed by atoms with Gasteiger partial charge in [-0.3, -0.25) is 4.79 Å². The highest BCUT2D eigenvalue weighted by atomic mass is 79.9. The van der Waals surface area contributed by atoms with Gasteiger partial charge in [0, 0.05) is 27.2 Å². The molecule has 0 atom stereocenters. The minimum Gasteiger partial charge on any atom is -0.497 e. The van der Waals surface area contributed by atoms with Gasteiger partial charge in [0.1, 0.15) is 10.9 Å². The van der Waals surface area contributed by atoms with E-state index in [2.05, 4.69) is 31.4 Å². The first-order valence-corrected chi connectivity index (χ1v) is 10.7. The maximum atomic E-state index is 11.9. The Hall–Kier alpha value is -2.09. The molecule has 1 aromatic heterocycles. The van der Waals surface area contributed by atoms with Crippen LogP contribution in [0, 0.1) is 0 Å². The van der Waals surface area contributed by atoms with Gasteiger partial charge >= 0.3 is 0 Å². The highest BCUT2D eigenvalue weighted by molar-refractivity contribution is 9.10. The highest BCUT2D eigenvalue weighted by Gasteiger charge is 2.05. The van der Waals surface area contributed by atoms with Crippen molar-refractivity contribution in [2.75, 3.05) is 12.9 Å². The molecule has 8 heteroatoms. The van der Waals surface area contributed by atoms with Crippen molar-refractivity contribution in [2.24, 2.45) is 5.10 Å². The van der Waals surface area contributed by atoms with E-state index in [0.717, 1.165) is 26.7 Å². The number of carbonyl (C=O) groups excluding carboxylic acids is 1. The molecule has 0 bridgehead atoms. The van der Waals surface area contributed by atoms with Gasteiger partial charge in [0.05, 0.1) is 24.6 Å². The van der Waals surface area contributed by atoms with Gasteiger partial charge in [0.15, 0.2) is 0 Å². The summed E-state index contributed by atoms with van der Waals surface area (Å²) in [6.07, 6.45) is 1.50. The molecular formula is C20H17BrClN3O2S. The number of carbonyl (C=O) groups is 1. The summed E-state index contributed by atoms with van der Waals surface area (Å²) in [5.74, 6) is 1.60. The van der Waals surface area contributed by atoms with Gasteiger partial charge in [-0.25, -0.2) is 10.4 Å². The average Bonchev–Trinajstić information content (AvgIpc) is 2.68. The van der Waals surface area contributed by atoms with E-state index in [-0.39, 0.29) is 5.91 Å². The molecule has 1 amide bonds. The molecule has 0 saturated heterocycles. The summed E-state index contributed by atoms with van der Waals surface area (Å²) in [6.45, 7) is 0. The summed E-state index contributed by atoms with van der Waals surface area (Å²) in [6, 6.07) is 15.4. The third-order valence-electron chi connectivity index (χ3n) is 3.79. The average molecular weight is 479 g/mol. The number of thioether (sulfide) groups is 1. The lowest BCUT2D eigenvalue weighted by Gasteiger charge is -2.05. The van der Waals surface area contributed by atoms with E-state index in [1.165, 1.54) is 18.0 Å². The van der Waals surface area contributed by atoms with Crippen molar-refractivity contribution >= 4 is 62.3 Å². The summed E-state index contributed by atoms with van der Waals surface area (Å²) >= 11 is 11.2. The van der Waals surface area contributed by atoms with Crippen molar-refractivity contribution in [1.29, 1.82) is 0 Å². The van der Waals surface area contributed by atoms with Crippen molar-refractivity contribution in [3.05, 3.63) is 69.3 Å². The van der Waals surface area contributed by atoms with E-state index in [9.17, 15) is 4.79 Å². The second-order valence-corrected chi connectivity index (χ2v) is 8.10. The Morgan fingerprint density at radius 2 is 2.18 bits per heavy atom. The van der Waals surface area contributed by atoms with Crippen molar-refractivity contribution in [1.82, 2.24) is 10.4 Å². The smallest absolute Gasteiger partial charge is 0.250 e. The van der Waals surface area contributed by atoms with Crippen LogP contribution in [-0.4, -0.2) is 30.0 Å². The molecule has 0 spiro atoms. The number of nitrogens with one attached hydrogen (secondary N) is 1. The topological polar surface area (TPSA) is 63.6 Å². The Labute approximate surface area is 180 Å². The molecule has 3 rings (SSSR count). The minimum absolute atomic E-state index is 0.175. The zero-order valence-electron chi connectivity index (χ0n) is 15.0. The predicted molar refractivity (Wildman–Crippen MR) is 119 cm³/mol. The first kappa shape index (κ1) is 20.6. The second kappa shape index (κ2) is 9.91. The molecule has 0 radical (unpaired) electrons. The number of benzene rings is 2. The summed E-state index contributed by atoms with van der Waals surface area (Å²) < 4.78 is 6.22. The normalized spacial score (nSPS) is 11.1. The van der Waals surface area contributed by atoms with Crippen LogP contribution in [-0.2, 0) is 10.5 Å². The first-order valence-electron chi connectivity index (χ1n) is 8.33. The monoisotopic (exact) mass is 477 g/mol. The maximum absolute atomic E-state index is 11.9. The third-order valence-corrected chi connectivity index (χ3v) is 5.59. The summed E-state index contributed by atoms with van der Waals surface area (Å²) in [7, 11) is 1.60. The quantitative estimate of drug-likeness (QED) is 0.293. The third kappa shape index (κ3) is 5.70. The lowest BCUT2D eigenvalue weighted by atomic mass is 10.1. The number of halogens is 2. The second-order valence-electron chi connectivity index (χ2n) is 5.84. The minimum atomic E-state index is -0.175. The number of rotatable bonds is 7. The van der Waals surface area contributed by atoms with Gasteiger partial charge in [-0.2, -0.15) is 5.10 Å². The number of amides is 1. The fourth-order valence-corrected chi connectivity index (χ4v) is 3.86. The summed E-state index contributed by atoms with van der Waals surface area (Å²) in [5.41, 5.74) is 5.03. The molecule has 0 aliphatic rings. The van der Waals surface area contributed by atoms with Crippen LogP contribution in [0.4, 0.5) is 0 Å². The molecule has 144 valence electrons. The van der Waals surface area contributed by atoms with E-state index in [1.54, 1.807) is 7.11 Å². The largest absolute Gasteiger partial charge is 0.497 e. The van der Waals surface area contributed by atoms with Crippen LogP contribution in [0.15, 0.2) is 58.1 Å². The van der Waals surface area contributed by atoms with E-state index in [4.69, 9.17) is 16.3 Å². The fourth-order valence-electron chi connectivity index (χ4n) is 2.45. The number of hydrogen-bond acceptors (Lipinski definition) is 5. The molecule has 2 aromatic carbocycles. The van der Waals surface area contributed by atoms with E-state index < -0.39 is 0 Å². The maximum Gasteiger partial charge on any atom is 0.250 e. The lowest BCUT2D eigenvalue weighted by Crippen LogP contribution is -2.19. The highest BCUT2D eigenvalue weighted by Crippen LogP contribution is 2.23. The van der Waals surface area contributed by atoms with Crippen LogP contribution in [0.25, 0.3) is 10.9 Å². The zero-order valence-corrected chi connectivity index (χ0v) is 18.1. The summed E-state index contributed by atoms with van der Waals surface area (Å²) in [5, 5.41) is 5.20. The Morgan fingerprint density at radius 1 is 1.32 bits per heavy atom. The van der Waals surface area contributed by atoms with Gasteiger partial charge in [-0.1, -0.05) is 39.7 Å². The summed E-state index contributed by atoms with van der Waals surface area (Å²) in [4.78, 5) is 16.3. The van der Waals surface area contributed by atoms with E-state index >= 15 is 0 Å². The van der Waals surface area contributed by atoms with Crippen LogP contribution in [0.5, 0.6) is 5.75 Å². The van der Waals surface area contributed by atoms with Crippen molar-refractivity contribution in [3.8, 4) is 5.75 Å². The van der Waals surface area contributed by atoms with Gasteiger partial charge < -0.3 is 4.74 Å². The predicted octanol–water partition coefficient (Wildman–Crippen LogP) is 5.04. The Morgan fingerprint density at radius 3 is 2.96 bits per heavy atom. The number of ether oxygens (including phenoxy) is 1. The molecule has 0 unspecified atom stereocenters. The molecule has 28 heavy (non-hydrogen) atoms. The molecule has 1 heterocycles. The standard InChI is InChI=1S/C20H17BrClN3O2S/c1-27-17-6-5-14-8-15(20(22)24-18(14)9-17)10-23-25-19(26)12-28-11-13-3-2-4-16(21)7-13/h2-10H,11-12H2,1H3,(H,25,26)/b23-10+. The van der Waals surface area contributed by atoms with E-state index in [1.807, 2.05) is 48.5 Å². The van der Waals surface area contributed by atoms with Crippen LogP contribution >= 0.6 is 39.3 Å². The van der Waals surface area contributed by atoms with Gasteiger partial charge in [0.2, 0.25) is 5.91 Å². The first-order chi connectivity index (χ1) is 13.5. The van der Waals surface area contributed by atoms with Gasteiger partial charge in [0.25, 0.3) is 0 Å². The number of hydrogen-bond donors (Lipinski definition) is 1. The van der Waals surface area contributed by atoms with Crippen LogP contribution in [0.2, 0.25) is 5.15 Å². The van der Waals surface area contributed by atoms with Crippen molar-refractivity contribution in [3.63, 3.8) is 0 Å². The van der Waals surface area contributed by atoms with E-state index in [0.29, 0.717) is 22.2 Å². The number of methoxy groups -OCH3 is 1. The number of fused-ring (bicyclic) bond motifs is 1. The molecule has 5 nitrogen and oxygen atoms in total. The SMILES string of the molecule is COc1ccc2cc(/C=N/NC(=O)CSCc3cccc(Br)c3)c(Cl)nc2c1. The number of aromatic nitrogens is 1. The van der Waals surface area contributed by atoms with Crippen molar-refractivity contribution in [2.45, 2.75) is 5.75 Å². The number of pyridine rings is 1. The number of nitrogens with zero attached hydrogens (tertiary/aromatic N) is 2. The Bertz CT molecular complexity index is 1030. The van der Waals surface area contributed by atoms with Gasteiger partial charge in [-0.05, 0) is 35.9 Å². The van der Waals surface area contributed by atoms with Gasteiger partial charge in [-0.15, -0.1) is 11.8 Å². The Kier molecular flexibility index (Phi) is 7.30. The number of hydrazone groups is 1. The zero-order chi connectivity index (χ0) is 19.9. The van der Waals surface area contributed by atoms with Crippen LogP contribution < -0.4 is 10.2 Å². The fraction of sp³-hybridized carbons (Fsp3) is 0.150.